The van der Waals surface area contributed by atoms with E-state index in [1.807, 2.05) is 0 Å². The smallest absolute Gasteiger partial charge is 0.119 e. The number of hydrogen-bond donors (Lipinski definition) is 1. The summed E-state index contributed by atoms with van der Waals surface area (Å²) in [5.41, 5.74) is 1.33. The highest BCUT2D eigenvalue weighted by molar-refractivity contribution is 5.30. The zero-order chi connectivity index (χ0) is 13.9. The molecule has 1 unspecified atom stereocenters. The predicted octanol–water partition coefficient (Wildman–Crippen LogP) is 4.71. The molecule has 0 aliphatic rings. The van der Waals surface area contributed by atoms with Crippen LogP contribution in [0.1, 0.15) is 64.5 Å². The predicted molar refractivity (Wildman–Crippen MR) is 82.8 cm³/mol. The lowest BCUT2D eigenvalue weighted by Gasteiger charge is -2.17. The molecule has 0 aromatic heterocycles. The summed E-state index contributed by atoms with van der Waals surface area (Å²) in [6.45, 7) is 8.43. The Kier molecular flexibility index (Phi) is 8.31. The molecule has 0 fully saturated rings. The molecule has 0 spiro atoms. The molecule has 0 bridgehead atoms. The maximum atomic E-state index is 5.84. The first kappa shape index (κ1) is 16.0. The third-order valence-corrected chi connectivity index (χ3v) is 3.39. The monoisotopic (exact) mass is 263 g/mol. The molecular formula is C17H29NO. The summed E-state index contributed by atoms with van der Waals surface area (Å²) in [6, 6.07) is 8.95. The van der Waals surface area contributed by atoms with E-state index in [4.69, 9.17) is 4.74 Å². The van der Waals surface area contributed by atoms with Crippen LogP contribution in [0.2, 0.25) is 0 Å². The summed E-state index contributed by atoms with van der Waals surface area (Å²) < 4.78 is 5.84. The minimum Gasteiger partial charge on any atom is -0.494 e. The Labute approximate surface area is 118 Å². The second-order valence-corrected chi connectivity index (χ2v) is 5.00. The average Bonchev–Trinajstić information content (AvgIpc) is 2.45. The molecular weight excluding hydrogens is 234 g/mol. The van der Waals surface area contributed by atoms with Gasteiger partial charge in [0.15, 0.2) is 0 Å². The fraction of sp³-hybridized carbons (Fsp3) is 0.647. The highest BCUT2D eigenvalue weighted by atomic mass is 16.5. The molecule has 1 N–H and O–H groups in total. The zero-order valence-electron chi connectivity index (χ0n) is 12.7. The van der Waals surface area contributed by atoms with Crippen LogP contribution in [0, 0.1) is 0 Å². The third-order valence-electron chi connectivity index (χ3n) is 3.39. The van der Waals surface area contributed by atoms with Crippen molar-refractivity contribution in [3.05, 3.63) is 29.8 Å². The van der Waals surface area contributed by atoms with Crippen molar-refractivity contribution in [2.24, 2.45) is 0 Å². The van der Waals surface area contributed by atoms with Gasteiger partial charge in [-0.25, -0.2) is 0 Å². The zero-order valence-corrected chi connectivity index (χ0v) is 12.7. The quantitative estimate of drug-likeness (QED) is 0.617. The SMILES string of the molecule is CCCCCCOc1cccc(C(CC)NCC)c1. The highest BCUT2D eigenvalue weighted by Crippen LogP contribution is 2.21. The van der Waals surface area contributed by atoms with Crippen LogP contribution in [0.3, 0.4) is 0 Å². The van der Waals surface area contributed by atoms with E-state index >= 15 is 0 Å². The summed E-state index contributed by atoms with van der Waals surface area (Å²) in [5.74, 6) is 1.00. The Balaban J connectivity index is 2.46. The number of ether oxygens (including phenoxy) is 1. The molecule has 0 heterocycles. The van der Waals surface area contributed by atoms with Crippen molar-refractivity contribution < 1.29 is 4.74 Å². The molecule has 0 aliphatic heterocycles. The molecule has 0 saturated heterocycles. The number of benzene rings is 1. The molecule has 2 nitrogen and oxygen atoms in total. The van der Waals surface area contributed by atoms with Crippen LogP contribution in [-0.2, 0) is 0 Å². The first-order valence-corrected chi connectivity index (χ1v) is 7.77. The van der Waals surface area contributed by atoms with Gasteiger partial charge in [-0.3, -0.25) is 0 Å². The van der Waals surface area contributed by atoms with Crippen LogP contribution in [0.5, 0.6) is 5.75 Å². The van der Waals surface area contributed by atoms with Gasteiger partial charge in [-0.15, -0.1) is 0 Å². The van der Waals surface area contributed by atoms with Crippen LogP contribution in [0.4, 0.5) is 0 Å². The number of hydrogen-bond acceptors (Lipinski definition) is 2. The van der Waals surface area contributed by atoms with Crippen molar-refractivity contribution in [1.29, 1.82) is 0 Å². The fourth-order valence-electron chi connectivity index (χ4n) is 2.28. The highest BCUT2D eigenvalue weighted by Gasteiger charge is 2.08. The number of rotatable bonds is 10. The van der Waals surface area contributed by atoms with E-state index < -0.39 is 0 Å². The molecule has 2 heteroatoms. The Morgan fingerprint density at radius 2 is 1.95 bits per heavy atom. The molecule has 0 amide bonds. The topological polar surface area (TPSA) is 21.3 Å². The van der Waals surface area contributed by atoms with Gasteiger partial charge in [0, 0.05) is 6.04 Å². The number of nitrogens with one attached hydrogen (secondary N) is 1. The lowest BCUT2D eigenvalue weighted by molar-refractivity contribution is 0.304. The van der Waals surface area contributed by atoms with Gasteiger partial charge in [-0.1, -0.05) is 52.2 Å². The van der Waals surface area contributed by atoms with Crippen molar-refractivity contribution >= 4 is 0 Å². The van der Waals surface area contributed by atoms with E-state index in [1.54, 1.807) is 0 Å². The van der Waals surface area contributed by atoms with E-state index in [0.29, 0.717) is 6.04 Å². The van der Waals surface area contributed by atoms with Gasteiger partial charge in [0.25, 0.3) is 0 Å². The summed E-state index contributed by atoms with van der Waals surface area (Å²) in [6.07, 6.45) is 6.11. The number of unbranched alkanes of at least 4 members (excludes halogenated alkanes) is 3. The molecule has 19 heavy (non-hydrogen) atoms. The normalized spacial score (nSPS) is 12.4. The van der Waals surface area contributed by atoms with Gasteiger partial charge in [-0.05, 0) is 37.1 Å². The lowest BCUT2D eigenvalue weighted by atomic mass is 10.0. The van der Waals surface area contributed by atoms with E-state index in [9.17, 15) is 0 Å². The van der Waals surface area contributed by atoms with E-state index in [0.717, 1.165) is 31.7 Å². The van der Waals surface area contributed by atoms with Crippen molar-refractivity contribution in [3.8, 4) is 5.75 Å². The van der Waals surface area contributed by atoms with Crippen LogP contribution >= 0.6 is 0 Å². The fourth-order valence-corrected chi connectivity index (χ4v) is 2.28. The van der Waals surface area contributed by atoms with Crippen LogP contribution in [-0.4, -0.2) is 13.2 Å². The van der Waals surface area contributed by atoms with Crippen LogP contribution in [0.15, 0.2) is 24.3 Å². The van der Waals surface area contributed by atoms with Gasteiger partial charge >= 0.3 is 0 Å². The summed E-state index contributed by atoms with van der Waals surface area (Å²) in [5, 5.41) is 3.50. The van der Waals surface area contributed by atoms with Crippen LogP contribution < -0.4 is 10.1 Å². The maximum absolute atomic E-state index is 5.84. The average molecular weight is 263 g/mol. The molecule has 1 atom stereocenters. The Hall–Kier alpha value is -1.02. The van der Waals surface area contributed by atoms with Gasteiger partial charge in [-0.2, -0.15) is 0 Å². The molecule has 1 rings (SSSR count). The molecule has 108 valence electrons. The van der Waals surface area contributed by atoms with Gasteiger partial charge in [0.05, 0.1) is 6.61 Å². The van der Waals surface area contributed by atoms with Crippen molar-refractivity contribution in [2.45, 2.75) is 58.9 Å². The summed E-state index contributed by atoms with van der Waals surface area (Å²) in [4.78, 5) is 0. The Morgan fingerprint density at radius 3 is 2.63 bits per heavy atom. The van der Waals surface area contributed by atoms with E-state index in [1.165, 1.54) is 24.8 Å². The van der Waals surface area contributed by atoms with Gasteiger partial charge < -0.3 is 10.1 Å². The largest absolute Gasteiger partial charge is 0.494 e. The van der Waals surface area contributed by atoms with Gasteiger partial charge in [0.1, 0.15) is 5.75 Å². The standard InChI is InChI=1S/C17H29NO/c1-4-7-8-9-13-19-16-12-10-11-15(14-16)17(5-2)18-6-3/h10-12,14,17-18H,4-9,13H2,1-3H3. The van der Waals surface area contributed by atoms with E-state index in [2.05, 4.69) is 50.4 Å². The van der Waals surface area contributed by atoms with Crippen LogP contribution in [0.25, 0.3) is 0 Å². The molecule has 0 aliphatic carbocycles. The first-order valence-electron chi connectivity index (χ1n) is 7.77. The van der Waals surface area contributed by atoms with Crippen molar-refractivity contribution in [2.75, 3.05) is 13.2 Å². The minimum atomic E-state index is 0.439. The maximum Gasteiger partial charge on any atom is 0.119 e. The Bertz CT molecular complexity index is 338. The molecule has 1 aromatic carbocycles. The van der Waals surface area contributed by atoms with E-state index in [-0.39, 0.29) is 0 Å². The molecule has 0 radical (unpaired) electrons. The summed E-state index contributed by atoms with van der Waals surface area (Å²) >= 11 is 0. The molecule has 0 saturated carbocycles. The second kappa shape index (κ2) is 9.85. The Morgan fingerprint density at radius 1 is 1.11 bits per heavy atom. The molecule has 1 aromatic rings. The minimum absolute atomic E-state index is 0.439. The van der Waals surface area contributed by atoms with Crippen molar-refractivity contribution in [1.82, 2.24) is 5.32 Å². The third kappa shape index (κ3) is 6.11. The summed E-state index contributed by atoms with van der Waals surface area (Å²) in [7, 11) is 0. The second-order valence-electron chi connectivity index (χ2n) is 5.00. The van der Waals surface area contributed by atoms with Gasteiger partial charge in [0.2, 0.25) is 0 Å². The van der Waals surface area contributed by atoms with Crippen molar-refractivity contribution in [3.63, 3.8) is 0 Å². The lowest BCUT2D eigenvalue weighted by Crippen LogP contribution is -2.20. The first-order chi connectivity index (χ1) is 9.31.